The molecule has 1 aromatic rings. The van der Waals surface area contributed by atoms with E-state index < -0.39 is 31.5 Å². The summed E-state index contributed by atoms with van der Waals surface area (Å²) in [6.45, 7) is 3.62. The molecule has 0 aliphatic carbocycles. The number of carbonyl (C=O) groups excluding carboxylic acids is 1. The normalized spacial score (nSPS) is 12.8. The Labute approximate surface area is 127 Å². The Balaban J connectivity index is 3.22. The van der Waals surface area contributed by atoms with Gasteiger partial charge in [-0.05, 0) is 25.5 Å². The summed E-state index contributed by atoms with van der Waals surface area (Å²) in [5, 5.41) is 0. The van der Waals surface area contributed by atoms with Crippen molar-refractivity contribution in [1.82, 2.24) is 0 Å². The summed E-state index contributed by atoms with van der Waals surface area (Å²) in [7, 11) is 2.06. The van der Waals surface area contributed by atoms with Gasteiger partial charge in [0.15, 0.2) is 11.6 Å². The van der Waals surface area contributed by atoms with E-state index in [1.165, 1.54) is 0 Å². The van der Waals surface area contributed by atoms with Crippen molar-refractivity contribution in [2.24, 2.45) is 0 Å². The molecule has 0 amide bonds. The number of ether oxygens (including phenoxy) is 2. The summed E-state index contributed by atoms with van der Waals surface area (Å²) in [5.74, 6) is -2.36. The van der Waals surface area contributed by atoms with Crippen LogP contribution in [0.2, 0.25) is 0 Å². The van der Waals surface area contributed by atoms with Gasteiger partial charge in [0, 0.05) is 10.7 Å². The van der Waals surface area contributed by atoms with Gasteiger partial charge in [0.2, 0.25) is 0 Å². The molecule has 0 bridgehead atoms. The van der Waals surface area contributed by atoms with Crippen molar-refractivity contribution < 1.29 is 27.1 Å². The van der Waals surface area contributed by atoms with Crippen molar-refractivity contribution in [3.8, 4) is 5.75 Å². The van der Waals surface area contributed by atoms with Gasteiger partial charge in [0.25, 0.3) is 9.05 Å². The van der Waals surface area contributed by atoms with Crippen LogP contribution in [0.25, 0.3) is 0 Å². The summed E-state index contributed by atoms with van der Waals surface area (Å²) in [6, 6.07) is 1.79. The fourth-order valence-electron chi connectivity index (χ4n) is 1.78. The molecule has 0 spiro atoms. The van der Waals surface area contributed by atoms with Crippen LogP contribution in [0.3, 0.4) is 0 Å². The van der Waals surface area contributed by atoms with Crippen LogP contribution < -0.4 is 4.74 Å². The van der Waals surface area contributed by atoms with Crippen molar-refractivity contribution in [2.75, 3.05) is 7.11 Å². The van der Waals surface area contributed by atoms with Crippen LogP contribution in [0.5, 0.6) is 5.75 Å². The van der Waals surface area contributed by atoms with Gasteiger partial charge < -0.3 is 9.47 Å². The SMILES string of the molecule is CCCC(C)OC(=O)c1cc(F)c(OC)c(S(=O)(=O)Cl)c1. The van der Waals surface area contributed by atoms with Crippen LogP contribution >= 0.6 is 10.7 Å². The number of hydrogen-bond donors (Lipinski definition) is 0. The van der Waals surface area contributed by atoms with Gasteiger partial charge in [0.1, 0.15) is 4.90 Å². The lowest BCUT2D eigenvalue weighted by Crippen LogP contribution is -2.15. The third-order valence-electron chi connectivity index (χ3n) is 2.72. The number of carbonyl (C=O) groups is 1. The number of halogens is 2. The number of esters is 1. The molecule has 21 heavy (non-hydrogen) atoms. The molecule has 0 fully saturated rings. The highest BCUT2D eigenvalue weighted by molar-refractivity contribution is 8.13. The van der Waals surface area contributed by atoms with E-state index in [4.69, 9.17) is 15.4 Å². The van der Waals surface area contributed by atoms with Gasteiger partial charge in [0.05, 0.1) is 18.8 Å². The Morgan fingerprint density at radius 3 is 2.52 bits per heavy atom. The molecule has 1 rings (SSSR count). The molecule has 0 N–H and O–H groups in total. The molecule has 0 aliphatic rings. The molecular weight excluding hydrogens is 323 g/mol. The molecule has 0 saturated carbocycles. The molecular formula is C13H16ClFO5S. The van der Waals surface area contributed by atoms with Gasteiger partial charge >= 0.3 is 5.97 Å². The van der Waals surface area contributed by atoms with Crippen LogP contribution in [-0.4, -0.2) is 27.6 Å². The zero-order valence-corrected chi connectivity index (χ0v) is 13.4. The van der Waals surface area contributed by atoms with E-state index in [9.17, 15) is 17.6 Å². The lowest BCUT2D eigenvalue weighted by molar-refractivity contribution is 0.0322. The average Bonchev–Trinajstić information content (AvgIpc) is 2.36. The standard InChI is InChI=1S/C13H16ClFO5S/c1-4-5-8(2)20-13(16)9-6-10(15)12(19-3)11(7-9)21(14,17)18/h6-8H,4-5H2,1-3H3. The molecule has 0 heterocycles. The molecule has 1 unspecified atom stereocenters. The first kappa shape index (κ1) is 17.7. The van der Waals surface area contributed by atoms with Crippen LogP contribution in [0.1, 0.15) is 37.0 Å². The molecule has 1 atom stereocenters. The lowest BCUT2D eigenvalue weighted by atomic mass is 10.2. The molecule has 0 radical (unpaired) electrons. The van der Waals surface area contributed by atoms with Gasteiger partial charge in [-0.15, -0.1) is 0 Å². The van der Waals surface area contributed by atoms with Gasteiger partial charge in [-0.2, -0.15) is 0 Å². The fourth-order valence-corrected chi connectivity index (χ4v) is 2.80. The van der Waals surface area contributed by atoms with E-state index in [1.54, 1.807) is 6.92 Å². The topological polar surface area (TPSA) is 69.7 Å². The zero-order valence-electron chi connectivity index (χ0n) is 11.9. The molecule has 1 aromatic carbocycles. The van der Waals surface area contributed by atoms with Crippen LogP contribution in [0.4, 0.5) is 4.39 Å². The maximum Gasteiger partial charge on any atom is 0.338 e. The highest BCUT2D eigenvalue weighted by Crippen LogP contribution is 2.31. The molecule has 118 valence electrons. The molecule has 0 saturated heterocycles. The predicted molar refractivity (Wildman–Crippen MR) is 75.8 cm³/mol. The smallest absolute Gasteiger partial charge is 0.338 e. The number of benzene rings is 1. The zero-order chi connectivity index (χ0) is 16.2. The van der Waals surface area contributed by atoms with Crippen molar-refractivity contribution >= 4 is 25.7 Å². The fraction of sp³-hybridized carbons (Fsp3) is 0.462. The Kier molecular flexibility index (Phi) is 5.98. The number of hydrogen-bond acceptors (Lipinski definition) is 5. The van der Waals surface area contributed by atoms with Crippen molar-refractivity contribution in [3.63, 3.8) is 0 Å². The third-order valence-corrected chi connectivity index (χ3v) is 4.04. The molecule has 0 aromatic heterocycles. The third kappa shape index (κ3) is 4.57. The highest BCUT2D eigenvalue weighted by atomic mass is 35.7. The van der Waals surface area contributed by atoms with Crippen LogP contribution in [0.15, 0.2) is 17.0 Å². The second kappa shape index (κ2) is 7.09. The Bertz CT molecular complexity index is 630. The van der Waals surface area contributed by atoms with E-state index in [0.717, 1.165) is 25.7 Å². The Morgan fingerprint density at radius 2 is 2.05 bits per heavy atom. The van der Waals surface area contributed by atoms with Gasteiger partial charge in [-0.3, -0.25) is 0 Å². The van der Waals surface area contributed by atoms with Crippen LogP contribution in [-0.2, 0) is 13.8 Å². The van der Waals surface area contributed by atoms with E-state index in [1.807, 2.05) is 6.92 Å². The first-order chi connectivity index (χ1) is 9.70. The van der Waals surface area contributed by atoms with Crippen molar-refractivity contribution in [3.05, 3.63) is 23.5 Å². The summed E-state index contributed by atoms with van der Waals surface area (Å²) < 4.78 is 46.4. The van der Waals surface area contributed by atoms with E-state index in [0.29, 0.717) is 6.42 Å². The van der Waals surface area contributed by atoms with Gasteiger partial charge in [-0.25, -0.2) is 17.6 Å². The second-order valence-corrected chi connectivity index (χ2v) is 6.97. The number of methoxy groups -OCH3 is 1. The van der Waals surface area contributed by atoms with Crippen LogP contribution in [0, 0.1) is 5.82 Å². The van der Waals surface area contributed by atoms with E-state index in [-0.39, 0.29) is 11.7 Å². The summed E-state index contributed by atoms with van der Waals surface area (Å²) in [5.41, 5.74) is -0.240. The first-order valence-electron chi connectivity index (χ1n) is 6.23. The Morgan fingerprint density at radius 1 is 1.43 bits per heavy atom. The molecule has 5 nitrogen and oxygen atoms in total. The minimum absolute atomic E-state index is 0.240. The Hall–Kier alpha value is -1.34. The first-order valence-corrected chi connectivity index (χ1v) is 8.54. The van der Waals surface area contributed by atoms with E-state index in [2.05, 4.69) is 4.74 Å². The molecule has 0 aliphatic heterocycles. The summed E-state index contributed by atoms with van der Waals surface area (Å²) in [6.07, 6.45) is 1.10. The van der Waals surface area contributed by atoms with E-state index >= 15 is 0 Å². The average molecular weight is 339 g/mol. The second-order valence-electron chi connectivity index (χ2n) is 4.43. The minimum Gasteiger partial charge on any atom is -0.492 e. The maximum atomic E-state index is 13.8. The summed E-state index contributed by atoms with van der Waals surface area (Å²) in [4.78, 5) is 11.3. The highest BCUT2D eigenvalue weighted by Gasteiger charge is 2.24. The predicted octanol–water partition coefficient (Wildman–Crippen LogP) is 3.11. The monoisotopic (exact) mass is 338 g/mol. The quantitative estimate of drug-likeness (QED) is 0.589. The van der Waals surface area contributed by atoms with Crippen molar-refractivity contribution in [2.45, 2.75) is 37.7 Å². The summed E-state index contributed by atoms with van der Waals surface area (Å²) >= 11 is 0. The maximum absolute atomic E-state index is 13.8. The number of rotatable bonds is 6. The van der Waals surface area contributed by atoms with Crippen molar-refractivity contribution in [1.29, 1.82) is 0 Å². The lowest BCUT2D eigenvalue weighted by Gasteiger charge is -2.13. The largest absolute Gasteiger partial charge is 0.492 e. The molecule has 8 heteroatoms. The van der Waals surface area contributed by atoms with Gasteiger partial charge in [-0.1, -0.05) is 13.3 Å². The minimum atomic E-state index is -4.26.